The van der Waals surface area contributed by atoms with Crippen molar-refractivity contribution in [1.29, 1.82) is 5.26 Å². The van der Waals surface area contributed by atoms with E-state index in [-0.39, 0.29) is 11.9 Å². The molecular formula is C17H18N4O. The molecule has 1 aliphatic rings. The van der Waals surface area contributed by atoms with Crippen LogP contribution in [0.15, 0.2) is 30.5 Å². The molecule has 0 aliphatic heterocycles. The molecule has 1 amide bonds. The molecular weight excluding hydrogens is 276 g/mol. The fraction of sp³-hybridized carbons (Fsp3) is 0.353. The zero-order chi connectivity index (χ0) is 15.5. The molecule has 2 atom stereocenters. The van der Waals surface area contributed by atoms with Crippen LogP contribution in [0.5, 0.6) is 0 Å². The van der Waals surface area contributed by atoms with E-state index in [2.05, 4.69) is 28.5 Å². The number of rotatable bonds is 3. The predicted molar refractivity (Wildman–Crippen MR) is 83.0 cm³/mol. The van der Waals surface area contributed by atoms with Gasteiger partial charge in [-0.15, -0.1) is 0 Å². The predicted octanol–water partition coefficient (Wildman–Crippen LogP) is 2.87. The Bertz CT molecular complexity index is 728. The van der Waals surface area contributed by atoms with E-state index in [9.17, 15) is 4.79 Å². The van der Waals surface area contributed by atoms with E-state index in [0.717, 1.165) is 24.8 Å². The topological polar surface area (TPSA) is 81.6 Å². The van der Waals surface area contributed by atoms with Crippen LogP contribution in [-0.4, -0.2) is 22.1 Å². The van der Waals surface area contributed by atoms with E-state index in [0.29, 0.717) is 22.7 Å². The third-order valence-corrected chi connectivity index (χ3v) is 4.19. The molecule has 3 rings (SSSR count). The van der Waals surface area contributed by atoms with Crippen LogP contribution in [0, 0.1) is 17.2 Å². The van der Waals surface area contributed by atoms with Crippen molar-refractivity contribution in [3.8, 4) is 17.3 Å². The SMILES string of the molecule is CC1CCC(NC(=O)c2cn[nH]c2-c2cccc(C#N)c2)C1. The zero-order valence-electron chi connectivity index (χ0n) is 12.5. The summed E-state index contributed by atoms with van der Waals surface area (Å²) in [6.07, 6.45) is 4.77. The van der Waals surface area contributed by atoms with Gasteiger partial charge in [-0.1, -0.05) is 19.1 Å². The maximum absolute atomic E-state index is 12.5. The van der Waals surface area contributed by atoms with Crippen LogP contribution in [0.25, 0.3) is 11.3 Å². The number of hydrogen-bond donors (Lipinski definition) is 2. The van der Waals surface area contributed by atoms with E-state index in [1.54, 1.807) is 24.4 Å². The lowest BCUT2D eigenvalue weighted by molar-refractivity contribution is 0.0938. The Hall–Kier alpha value is -2.61. The lowest BCUT2D eigenvalue weighted by Crippen LogP contribution is -2.33. The largest absolute Gasteiger partial charge is 0.349 e. The Morgan fingerprint density at radius 3 is 3.05 bits per heavy atom. The summed E-state index contributed by atoms with van der Waals surface area (Å²) in [4.78, 5) is 12.5. The first kappa shape index (κ1) is 14.3. The van der Waals surface area contributed by atoms with E-state index < -0.39 is 0 Å². The van der Waals surface area contributed by atoms with Crippen molar-refractivity contribution >= 4 is 5.91 Å². The fourth-order valence-electron chi connectivity index (χ4n) is 3.02. The number of nitriles is 1. The van der Waals surface area contributed by atoms with E-state index >= 15 is 0 Å². The van der Waals surface area contributed by atoms with Crippen LogP contribution in [0.3, 0.4) is 0 Å². The molecule has 5 nitrogen and oxygen atoms in total. The summed E-state index contributed by atoms with van der Waals surface area (Å²) in [5.74, 6) is 0.562. The maximum atomic E-state index is 12.5. The summed E-state index contributed by atoms with van der Waals surface area (Å²) in [5, 5.41) is 18.9. The molecule has 22 heavy (non-hydrogen) atoms. The number of aromatic nitrogens is 2. The highest BCUT2D eigenvalue weighted by Gasteiger charge is 2.24. The highest BCUT2D eigenvalue weighted by atomic mass is 16.1. The van der Waals surface area contributed by atoms with Gasteiger partial charge in [-0.3, -0.25) is 9.89 Å². The molecule has 2 aromatic rings. The lowest BCUT2D eigenvalue weighted by atomic mass is 10.0. The molecule has 112 valence electrons. The molecule has 0 radical (unpaired) electrons. The number of hydrogen-bond acceptors (Lipinski definition) is 3. The van der Waals surface area contributed by atoms with Gasteiger partial charge in [0.1, 0.15) is 0 Å². The van der Waals surface area contributed by atoms with Gasteiger partial charge in [-0.2, -0.15) is 10.4 Å². The smallest absolute Gasteiger partial charge is 0.255 e. The van der Waals surface area contributed by atoms with Crippen molar-refractivity contribution in [1.82, 2.24) is 15.5 Å². The number of nitrogens with one attached hydrogen (secondary N) is 2. The van der Waals surface area contributed by atoms with Crippen LogP contribution in [0.4, 0.5) is 0 Å². The van der Waals surface area contributed by atoms with Crippen molar-refractivity contribution in [3.05, 3.63) is 41.6 Å². The standard InChI is InChI=1S/C17H18N4O/c1-11-5-6-14(7-11)20-17(22)15-10-19-21-16(15)13-4-2-3-12(8-13)9-18/h2-4,8,10-11,14H,5-7H2,1H3,(H,19,21)(H,20,22). The van der Waals surface area contributed by atoms with E-state index in [4.69, 9.17) is 5.26 Å². The first-order valence-corrected chi connectivity index (χ1v) is 7.52. The molecule has 1 fully saturated rings. The average Bonchev–Trinajstić information content (AvgIpc) is 3.16. The molecule has 0 spiro atoms. The van der Waals surface area contributed by atoms with Gasteiger partial charge in [0.25, 0.3) is 5.91 Å². The van der Waals surface area contributed by atoms with Crippen molar-refractivity contribution in [2.75, 3.05) is 0 Å². The van der Waals surface area contributed by atoms with E-state index in [1.165, 1.54) is 0 Å². The molecule has 1 heterocycles. The molecule has 0 bridgehead atoms. The normalized spacial score (nSPS) is 20.5. The van der Waals surface area contributed by atoms with Gasteiger partial charge in [0, 0.05) is 11.6 Å². The van der Waals surface area contributed by atoms with Crippen LogP contribution in [0.2, 0.25) is 0 Å². The second-order valence-electron chi connectivity index (χ2n) is 5.94. The third kappa shape index (κ3) is 2.86. The van der Waals surface area contributed by atoms with Gasteiger partial charge in [0.05, 0.1) is 29.1 Å². The first-order valence-electron chi connectivity index (χ1n) is 7.52. The van der Waals surface area contributed by atoms with Crippen molar-refractivity contribution in [2.24, 2.45) is 5.92 Å². The van der Waals surface area contributed by atoms with Gasteiger partial charge >= 0.3 is 0 Å². The molecule has 2 N–H and O–H groups in total. The Labute approximate surface area is 129 Å². The summed E-state index contributed by atoms with van der Waals surface area (Å²) in [5.41, 5.74) is 2.53. The number of nitrogens with zero attached hydrogens (tertiary/aromatic N) is 2. The number of carbonyl (C=O) groups is 1. The monoisotopic (exact) mass is 294 g/mol. The second-order valence-corrected chi connectivity index (χ2v) is 5.94. The molecule has 1 saturated carbocycles. The lowest BCUT2D eigenvalue weighted by Gasteiger charge is -2.12. The van der Waals surface area contributed by atoms with Crippen molar-refractivity contribution in [2.45, 2.75) is 32.2 Å². The molecule has 2 unspecified atom stereocenters. The minimum atomic E-state index is -0.106. The molecule has 0 saturated heterocycles. The summed E-state index contributed by atoms with van der Waals surface area (Å²) < 4.78 is 0. The number of aromatic amines is 1. The molecule has 5 heteroatoms. The van der Waals surface area contributed by atoms with E-state index in [1.807, 2.05) is 6.07 Å². The molecule has 1 aromatic carbocycles. The van der Waals surface area contributed by atoms with Gasteiger partial charge in [-0.05, 0) is 37.3 Å². The first-order chi connectivity index (χ1) is 10.7. The Morgan fingerprint density at radius 1 is 1.45 bits per heavy atom. The van der Waals surface area contributed by atoms with Crippen molar-refractivity contribution in [3.63, 3.8) is 0 Å². The highest BCUT2D eigenvalue weighted by Crippen LogP contribution is 2.26. The maximum Gasteiger partial charge on any atom is 0.255 e. The molecule has 1 aromatic heterocycles. The molecule has 1 aliphatic carbocycles. The third-order valence-electron chi connectivity index (χ3n) is 4.19. The number of H-pyrrole nitrogens is 1. The summed E-state index contributed by atoms with van der Waals surface area (Å²) in [6.45, 7) is 2.21. The van der Waals surface area contributed by atoms with Crippen molar-refractivity contribution < 1.29 is 4.79 Å². The Morgan fingerprint density at radius 2 is 2.32 bits per heavy atom. The quantitative estimate of drug-likeness (QED) is 0.913. The zero-order valence-corrected chi connectivity index (χ0v) is 12.5. The van der Waals surface area contributed by atoms with Crippen LogP contribution in [-0.2, 0) is 0 Å². The summed E-state index contributed by atoms with van der Waals surface area (Å²) >= 11 is 0. The fourth-order valence-corrected chi connectivity index (χ4v) is 3.02. The summed E-state index contributed by atoms with van der Waals surface area (Å²) in [7, 11) is 0. The summed E-state index contributed by atoms with van der Waals surface area (Å²) in [6, 6.07) is 9.50. The van der Waals surface area contributed by atoms with Crippen LogP contribution in [0.1, 0.15) is 42.1 Å². The average molecular weight is 294 g/mol. The highest BCUT2D eigenvalue weighted by molar-refractivity contribution is 5.99. The van der Waals surface area contributed by atoms with Crippen LogP contribution >= 0.6 is 0 Å². The van der Waals surface area contributed by atoms with Gasteiger partial charge in [0.15, 0.2) is 0 Å². The minimum Gasteiger partial charge on any atom is -0.349 e. The van der Waals surface area contributed by atoms with Crippen LogP contribution < -0.4 is 5.32 Å². The van der Waals surface area contributed by atoms with Gasteiger partial charge in [0.2, 0.25) is 0 Å². The minimum absolute atomic E-state index is 0.106. The number of benzene rings is 1. The number of carbonyl (C=O) groups excluding carboxylic acids is 1. The Balaban J connectivity index is 1.82. The van der Waals surface area contributed by atoms with Gasteiger partial charge in [-0.25, -0.2) is 0 Å². The van der Waals surface area contributed by atoms with Gasteiger partial charge < -0.3 is 5.32 Å². The second kappa shape index (κ2) is 6.02. The number of amides is 1. The Kier molecular flexibility index (Phi) is 3.92.